The lowest BCUT2D eigenvalue weighted by Crippen LogP contribution is -2.35. The van der Waals surface area contributed by atoms with Crippen molar-refractivity contribution in [2.24, 2.45) is 0 Å². The number of nitrogens with one attached hydrogen (secondary N) is 2. The second-order valence-corrected chi connectivity index (χ2v) is 5.18. The molecule has 0 spiro atoms. The van der Waals surface area contributed by atoms with E-state index in [4.69, 9.17) is 19.9 Å². The predicted octanol–water partition coefficient (Wildman–Crippen LogP) is 0.175. The van der Waals surface area contributed by atoms with Crippen molar-refractivity contribution >= 4 is 28.2 Å². The highest BCUT2D eigenvalue weighted by Crippen LogP contribution is 2.24. The molecule has 0 aromatic carbocycles. The zero-order chi connectivity index (χ0) is 15.7. The van der Waals surface area contributed by atoms with Gasteiger partial charge in [-0.3, -0.25) is 4.79 Å². The van der Waals surface area contributed by atoms with Crippen LogP contribution >= 0.6 is 11.3 Å². The predicted molar refractivity (Wildman–Crippen MR) is 81.9 cm³/mol. The van der Waals surface area contributed by atoms with Crippen molar-refractivity contribution in [3.63, 3.8) is 0 Å². The highest BCUT2D eigenvalue weighted by molar-refractivity contribution is 7.18. The molecule has 0 aliphatic carbocycles. The van der Waals surface area contributed by atoms with Gasteiger partial charge in [-0.2, -0.15) is 0 Å². The van der Waals surface area contributed by atoms with Crippen molar-refractivity contribution in [1.29, 1.82) is 0 Å². The van der Waals surface area contributed by atoms with Crippen LogP contribution in [0.3, 0.4) is 0 Å². The number of aromatic nitrogens is 1. The molecule has 1 heterocycles. The molecule has 8 nitrogen and oxygen atoms in total. The summed E-state index contributed by atoms with van der Waals surface area (Å²) in [5, 5.41) is 6.38. The minimum Gasteiger partial charge on any atom is -0.383 e. The van der Waals surface area contributed by atoms with Gasteiger partial charge in [-0.1, -0.05) is 11.3 Å². The van der Waals surface area contributed by atoms with Gasteiger partial charge in [0.25, 0.3) is 5.91 Å². The Morgan fingerprint density at radius 1 is 1.38 bits per heavy atom. The number of nitrogen functional groups attached to an aromatic ring is 1. The van der Waals surface area contributed by atoms with Crippen LogP contribution < -0.4 is 16.4 Å². The van der Waals surface area contributed by atoms with Crippen LogP contribution in [0.15, 0.2) is 0 Å². The molecule has 21 heavy (non-hydrogen) atoms. The molecule has 4 N–H and O–H groups in total. The number of hydrogen-bond acceptors (Lipinski definition) is 8. The Morgan fingerprint density at radius 3 is 2.76 bits per heavy atom. The van der Waals surface area contributed by atoms with Crippen molar-refractivity contribution in [1.82, 2.24) is 10.3 Å². The molecule has 0 fully saturated rings. The molecule has 0 aliphatic heterocycles. The lowest BCUT2D eigenvalue weighted by molar-refractivity contribution is 0.0286. The smallest absolute Gasteiger partial charge is 0.265 e. The molecule has 0 saturated heterocycles. The summed E-state index contributed by atoms with van der Waals surface area (Å²) < 4.78 is 15.1. The third-order valence-electron chi connectivity index (χ3n) is 2.62. The monoisotopic (exact) mass is 318 g/mol. The number of anilines is 2. The quantitative estimate of drug-likeness (QED) is 0.528. The fourth-order valence-electron chi connectivity index (χ4n) is 1.51. The average Bonchev–Trinajstić information content (AvgIpc) is 2.84. The molecule has 1 aromatic heterocycles. The molecular weight excluding hydrogens is 296 g/mol. The number of carbonyl (C=O) groups excluding carboxylic acids is 1. The molecule has 1 unspecified atom stereocenters. The number of carbonyl (C=O) groups is 1. The number of methoxy groups -OCH3 is 3. The molecular formula is C12H22N4O4S. The van der Waals surface area contributed by atoms with Gasteiger partial charge in [-0.15, -0.1) is 0 Å². The number of nitrogens with two attached hydrogens (primary N) is 1. The second kappa shape index (κ2) is 9.50. The van der Waals surface area contributed by atoms with Gasteiger partial charge >= 0.3 is 0 Å². The summed E-state index contributed by atoms with van der Waals surface area (Å²) in [6.07, 6.45) is -0.201. The van der Waals surface area contributed by atoms with Crippen LogP contribution in [0, 0.1) is 0 Å². The summed E-state index contributed by atoms with van der Waals surface area (Å²) in [6, 6.07) is 0. The van der Waals surface area contributed by atoms with Crippen LogP contribution in [0.25, 0.3) is 0 Å². The third-order valence-corrected chi connectivity index (χ3v) is 3.65. The Hall–Kier alpha value is -1.42. The lowest BCUT2D eigenvalue weighted by atomic mass is 10.3. The molecule has 1 rings (SSSR count). The fraction of sp³-hybridized carbons (Fsp3) is 0.667. The minimum absolute atomic E-state index is 0.201. The Labute approximate surface area is 128 Å². The number of rotatable bonds is 10. The molecule has 1 aromatic rings. The highest BCUT2D eigenvalue weighted by Gasteiger charge is 2.17. The average molecular weight is 318 g/mol. The van der Waals surface area contributed by atoms with Gasteiger partial charge < -0.3 is 30.6 Å². The van der Waals surface area contributed by atoms with Crippen LogP contribution in [0.1, 0.15) is 9.67 Å². The van der Waals surface area contributed by atoms with E-state index >= 15 is 0 Å². The first-order chi connectivity index (χ1) is 10.1. The van der Waals surface area contributed by atoms with E-state index in [1.54, 1.807) is 21.3 Å². The normalized spacial score (nSPS) is 12.1. The van der Waals surface area contributed by atoms with E-state index in [0.29, 0.717) is 36.3 Å². The zero-order valence-electron chi connectivity index (χ0n) is 12.5. The number of nitrogens with zero attached hydrogens (tertiary/aromatic N) is 1. The molecule has 0 bridgehead atoms. The number of amides is 1. The largest absolute Gasteiger partial charge is 0.383 e. The Balaban J connectivity index is 2.53. The van der Waals surface area contributed by atoms with E-state index in [1.165, 1.54) is 11.3 Å². The maximum Gasteiger partial charge on any atom is 0.265 e. The van der Waals surface area contributed by atoms with Gasteiger partial charge in [0.15, 0.2) is 5.13 Å². The number of hydrogen-bond donors (Lipinski definition) is 3. The molecule has 0 aliphatic rings. The maximum absolute atomic E-state index is 12.1. The zero-order valence-corrected chi connectivity index (χ0v) is 13.3. The van der Waals surface area contributed by atoms with Gasteiger partial charge in [-0.25, -0.2) is 4.98 Å². The van der Waals surface area contributed by atoms with Gasteiger partial charge in [-0.05, 0) is 0 Å². The summed E-state index contributed by atoms with van der Waals surface area (Å²) in [5.74, 6) is -0.0685. The van der Waals surface area contributed by atoms with E-state index in [-0.39, 0.29) is 17.8 Å². The fourth-order valence-corrected chi connectivity index (χ4v) is 2.34. The topological polar surface area (TPSA) is 108 Å². The summed E-state index contributed by atoms with van der Waals surface area (Å²) in [7, 11) is 4.75. The maximum atomic E-state index is 12.1. The van der Waals surface area contributed by atoms with Crippen LogP contribution in [-0.2, 0) is 14.2 Å². The van der Waals surface area contributed by atoms with E-state index in [1.807, 2.05) is 0 Å². The summed E-state index contributed by atoms with van der Waals surface area (Å²) in [6.45, 7) is 1.89. The van der Waals surface area contributed by atoms with Crippen LogP contribution in [0.4, 0.5) is 10.9 Å². The molecule has 120 valence electrons. The SMILES string of the molecule is COCCNc1nc(N)c(C(=O)NCC(COC)OC)s1. The number of ether oxygens (including phenoxy) is 3. The molecule has 1 amide bonds. The first kappa shape index (κ1) is 17.6. The first-order valence-corrected chi connectivity index (χ1v) is 7.23. The standard InChI is InChI=1S/C12H22N4O4S/c1-18-5-4-14-12-16-10(13)9(21-12)11(17)15-6-8(20-3)7-19-2/h8H,4-7,13H2,1-3H3,(H,14,16)(H,15,17). The van der Waals surface area contributed by atoms with Gasteiger partial charge in [0.1, 0.15) is 10.7 Å². The number of thiazole rings is 1. The highest BCUT2D eigenvalue weighted by atomic mass is 32.1. The molecule has 9 heteroatoms. The van der Waals surface area contributed by atoms with Crippen LogP contribution in [0.5, 0.6) is 0 Å². The van der Waals surface area contributed by atoms with Gasteiger partial charge in [0.2, 0.25) is 0 Å². The second-order valence-electron chi connectivity index (χ2n) is 4.18. The molecule has 1 atom stereocenters. The Kier molecular flexibility index (Phi) is 7.98. The van der Waals surface area contributed by atoms with Crippen LogP contribution in [0.2, 0.25) is 0 Å². The van der Waals surface area contributed by atoms with Crippen molar-refractivity contribution in [2.75, 3.05) is 58.7 Å². The lowest BCUT2D eigenvalue weighted by Gasteiger charge is -2.14. The van der Waals surface area contributed by atoms with Crippen molar-refractivity contribution in [2.45, 2.75) is 6.10 Å². The van der Waals surface area contributed by atoms with E-state index < -0.39 is 0 Å². The Morgan fingerprint density at radius 2 is 2.14 bits per heavy atom. The summed E-state index contributed by atoms with van der Waals surface area (Å²) >= 11 is 1.20. The van der Waals surface area contributed by atoms with E-state index in [2.05, 4.69) is 15.6 Å². The first-order valence-electron chi connectivity index (χ1n) is 6.41. The van der Waals surface area contributed by atoms with Crippen molar-refractivity contribution in [3.05, 3.63) is 4.88 Å². The molecule has 0 saturated carbocycles. The van der Waals surface area contributed by atoms with Gasteiger partial charge in [0, 0.05) is 34.4 Å². The summed E-state index contributed by atoms with van der Waals surface area (Å²) in [5.41, 5.74) is 5.76. The minimum atomic E-state index is -0.275. The Bertz CT molecular complexity index is 441. The van der Waals surface area contributed by atoms with Crippen LogP contribution in [-0.4, -0.2) is 64.6 Å². The van der Waals surface area contributed by atoms with Crippen molar-refractivity contribution < 1.29 is 19.0 Å². The summed E-state index contributed by atoms with van der Waals surface area (Å²) in [4.78, 5) is 16.5. The van der Waals surface area contributed by atoms with Crippen molar-refractivity contribution in [3.8, 4) is 0 Å². The van der Waals surface area contributed by atoms with Gasteiger partial charge in [0.05, 0.1) is 19.3 Å². The third kappa shape index (κ3) is 5.84. The van der Waals surface area contributed by atoms with E-state index in [9.17, 15) is 4.79 Å². The van der Waals surface area contributed by atoms with E-state index in [0.717, 1.165) is 0 Å². The molecule has 0 radical (unpaired) electrons.